The maximum atomic E-state index is 11.7. The molecule has 100 valence electrons. The quantitative estimate of drug-likeness (QED) is 0.483. The number of amides is 1. The summed E-state index contributed by atoms with van der Waals surface area (Å²) in [6.07, 6.45) is -0.928. The lowest BCUT2D eigenvalue weighted by Gasteiger charge is -2.34. The maximum absolute atomic E-state index is 11.7. The van der Waals surface area contributed by atoms with E-state index < -0.39 is 41.5 Å². The molecule has 7 heteroatoms. The van der Waals surface area contributed by atoms with Crippen LogP contribution in [-0.4, -0.2) is 47.3 Å². The fourth-order valence-corrected chi connectivity index (χ4v) is 2.46. The summed E-state index contributed by atoms with van der Waals surface area (Å²) in [5.74, 6) is -3.27. The molecule has 0 spiro atoms. The second-order valence-corrected chi connectivity index (χ2v) is 4.51. The summed E-state index contributed by atoms with van der Waals surface area (Å²) in [4.78, 5) is 34.8. The van der Waals surface area contributed by atoms with Crippen LogP contribution < -0.4 is 5.32 Å². The average Bonchev–Trinajstić information content (AvgIpc) is 2.49. The molecule has 2 N–H and O–H groups in total. The van der Waals surface area contributed by atoms with Crippen molar-refractivity contribution in [2.45, 2.75) is 38.0 Å². The van der Waals surface area contributed by atoms with E-state index in [0.717, 1.165) is 0 Å². The SMILES string of the molecule is CCOC(=O)CC1C2OC(=O)C1(O)C(=O)NC2C. The van der Waals surface area contributed by atoms with Crippen molar-refractivity contribution in [2.75, 3.05) is 6.61 Å². The van der Waals surface area contributed by atoms with Crippen LogP contribution in [0.5, 0.6) is 0 Å². The van der Waals surface area contributed by atoms with E-state index >= 15 is 0 Å². The normalized spacial score (nSPS) is 38.1. The zero-order chi connectivity index (χ0) is 13.5. The van der Waals surface area contributed by atoms with Crippen LogP contribution in [-0.2, 0) is 23.9 Å². The molecule has 0 aromatic heterocycles. The van der Waals surface area contributed by atoms with E-state index in [9.17, 15) is 19.5 Å². The average molecular weight is 257 g/mol. The summed E-state index contributed by atoms with van der Waals surface area (Å²) < 4.78 is 9.75. The van der Waals surface area contributed by atoms with Crippen molar-refractivity contribution in [1.29, 1.82) is 0 Å². The maximum Gasteiger partial charge on any atom is 0.348 e. The molecule has 2 heterocycles. The molecule has 0 aromatic carbocycles. The van der Waals surface area contributed by atoms with Gasteiger partial charge in [0.25, 0.3) is 5.91 Å². The highest BCUT2D eigenvalue weighted by Crippen LogP contribution is 2.40. The number of rotatable bonds is 3. The lowest BCUT2D eigenvalue weighted by atomic mass is 9.77. The minimum atomic E-state index is -2.27. The number of ether oxygens (including phenoxy) is 2. The Morgan fingerprint density at radius 3 is 2.83 bits per heavy atom. The number of aliphatic hydroxyl groups is 1. The minimum Gasteiger partial charge on any atom is -0.466 e. The lowest BCUT2D eigenvalue weighted by molar-refractivity contribution is -0.163. The highest BCUT2D eigenvalue weighted by Gasteiger charge is 2.66. The Bertz CT molecular complexity index is 408. The molecule has 2 bridgehead atoms. The number of piperidine rings is 1. The van der Waals surface area contributed by atoms with Crippen LogP contribution in [0.2, 0.25) is 0 Å². The molecule has 0 radical (unpaired) electrons. The number of hydrogen-bond acceptors (Lipinski definition) is 6. The van der Waals surface area contributed by atoms with Crippen LogP contribution in [0.3, 0.4) is 0 Å². The van der Waals surface area contributed by atoms with Gasteiger partial charge >= 0.3 is 11.9 Å². The fourth-order valence-electron chi connectivity index (χ4n) is 2.46. The fraction of sp³-hybridized carbons (Fsp3) is 0.727. The van der Waals surface area contributed by atoms with Crippen molar-refractivity contribution in [2.24, 2.45) is 5.92 Å². The molecule has 2 aliphatic heterocycles. The summed E-state index contributed by atoms with van der Waals surface area (Å²) in [5, 5.41) is 12.6. The zero-order valence-corrected chi connectivity index (χ0v) is 10.1. The number of esters is 2. The highest BCUT2D eigenvalue weighted by molar-refractivity contribution is 6.09. The van der Waals surface area contributed by atoms with Gasteiger partial charge in [0.2, 0.25) is 5.60 Å². The third kappa shape index (κ3) is 1.66. The molecule has 7 nitrogen and oxygen atoms in total. The van der Waals surface area contributed by atoms with E-state index in [4.69, 9.17) is 9.47 Å². The van der Waals surface area contributed by atoms with Crippen LogP contribution in [0.25, 0.3) is 0 Å². The van der Waals surface area contributed by atoms with Gasteiger partial charge in [0.1, 0.15) is 6.10 Å². The molecule has 4 atom stereocenters. The van der Waals surface area contributed by atoms with Gasteiger partial charge in [-0.2, -0.15) is 0 Å². The van der Waals surface area contributed by atoms with Crippen molar-refractivity contribution < 1.29 is 29.0 Å². The van der Waals surface area contributed by atoms with Crippen LogP contribution in [0.4, 0.5) is 0 Å². The van der Waals surface area contributed by atoms with Gasteiger partial charge in [-0.15, -0.1) is 0 Å². The Morgan fingerprint density at radius 2 is 2.22 bits per heavy atom. The van der Waals surface area contributed by atoms with Crippen LogP contribution >= 0.6 is 0 Å². The lowest BCUT2D eigenvalue weighted by Crippen LogP contribution is -2.63. The molecule has 1 amide bonds. The van der Waals surface area contributed by atoms with Crippen molar-refractivity contribution >= 4 is 17.8 Å². The number of carbonyl (C=O) groups excluding carboxylic acids is 3. The monoisotopic (exact) mass is 257 g/mol. The summed E-state index contributed by atoms with van der Waals surface area (Å²) in [6.45, 7) is 3.50. The first-order valence-electron chi connectivity index (χ1n) is 5.81. The molecule has 2 fully saturated rings. The molecule has 0 aliphatic carbocycles. The standard InChI is InChI=1S/C11H15NO6/c1-3-17-7(13)4-6-8-5(2)12-9(14)11(6,16)10(15)18-8/h5-6,8,16H,3-4H2,1-2H3,(H,12,14). The molecular formula is C11H15NO6. The Hall–Kier alpha value is -1.63. The third-order valence-electron chi connectivity index (χ3n) is 3.38. The first kappa shape index (κ1) is 12.8. The zero-order valence-electron chi connectivity index (χ0n) is 10.1. The van der Waals surface area contributed by atoms with E-state index in [1.165, 1.54) is 0 Å². The van der Waals surface area contributed by atoms with Crippen molar-refractivity contribution in [3.8, 4) is 0 Å². The van der Waals surface area contributed by atoms with E-state index in [-0.39, 0.29) is 13.0 Å². The van der Waals surface area contributed by atoms with Gasteiger partial charge in [-0.1, -0.05) is 0 Å². The molecule has 0 saturated carbocycles. The Balaban J connectivity index is 2.25. The van der Waals surface area contributed by atoms with Gasteiger partial charge in [0, 0.05) is 0 Å². The molecule has 2 aliphatic rings. The first-order valence-corrected chi connectivity index (χ1v) is 5.81. The molecule has 0 aromatic rings. The van der Waals surface area contributed by atoms with Crippen LogP contribution in [0, 0.1) is 5.92 Å². The van der Waals surface area contributed by atoms with Gasteiger partial charge in [0.05, 0.1) is 25.0 Å². The summed E-state index contributed by atoms with van der Waals surface area (Å²) >= 11 is 0. The molecular weight excluding hydrogens is 242 g/mol. The Labute approximate surface area is 103 Å². The second-order valence-electron chi connectivity index (χ2n) is 4.51. The predicted molar refractivity (Wildman–Crippen MR) is 57.2 cm³/mol. The highest BCUT2D eigenvalue weighted by atomic mass is 16.6. The van der Waals surface area contributed by atoms with Crippen molar-refractivity contribution in [3.05, 3.63) is 0 Å². The molecule has 2 rings (SSSR count). The largest absolute Gasteiger partial charge is 0.466 e. The third-order valence-corrected chi connectivity index (χ3v) is 3.38. The van der Waals surface area contributed by atoms with Gasteiger partial charge < -0.3 is 19.9 Å². The Kier molecular flexibility index (Phi) is 3.02. The summed E-state index contributed by atoms with van der Waals surface area (Å²) in [5.41, 5.74) is -2.27. The van der Waals surface area contributed by atoms with Gasteiger partial charge in [-0.25, -0.2) is 4.79 Å². The second kappa shape index (κ2) is 4.24. The van der Waals surface area contributed by atoms with Crippen LogP contribution in [0.1, 0.15) is 20.3 Å². The summed E-state index contributed by atoms with van der Waals surface area (Å²) in [7, 11) is 0. The predicted octanol–water partition coefficient (Wildman–Crippen LogP) is -1.27. The van der Waals surface area contributed by atoms with Gasteiger partial charge in [0.15, 0.2) is 0 Å². The van der Waals surface area contributed by atoms with E-state index in [0.29, 0.717) is 0 Å². The van der Waals surface area contributed by atoms with E-state index in [2.05, 4.69) is 5.32 Å². The van der Waals surface area contributed by atoms with Crippen LogP contribution in [0.15, 0.2) is 0 Å². The van der Waals surface area contributed by atoms with Crippen molar-refractivity contribution in [3.63, 3.8) is 0 Å². The molecule has 18 heavy (non-hydrogen) atoms. The van der Waals surface area contributed by atoms with E-state index in [1.807, 2.05) is 0 Å². The topological polar surface area (TPSA) is 102 Å². The Morgan fingerprint density at radius 1 is 1.56 bits per heavy atom. The number of hydrogen-bond donors (Lipinski definition) is 2. The number of carbonyl (C=O) groups is 3. The van der Waals surface area contributed by atoms with Gasteiger partial charge in [-0.3, -0.25) is 9.59 Å². The smallest absolute Gasteiger partial charge is 0.348 e. The molecule has 2 saturated heterocycles. The van der Waals surface area contributed by atoms with Gasteiger partial charge in [-0.05, 0) is 13.8 Å². The molecule has 4 unspecified atom stereocenters. The van der Waals surface area contributed by atoms with E-state index in [1.54, 1.807) is 13.8 Å². The summed E-state index contributed by atoms with van der Waals surface area (Å²) in [6, 6.07) is -0.441. The number of nitrogens with one attached hydrogen (secondary N) is 1. The minimum absolute atomic E-state index is 0.200. The first-order chi connectivity index (χ1) is 8.41. The number of fused-ring (bicyclic) bond motifs is 2. The van der Waals surface area contributed by atoms with Crippen molar-refractivity contribution in [1.82, 2.24) is 5.32 Å².